The first kappa shape index (κ1) is 20.3. The lowest BCUT2D eigenvalue weighted by atomic mass is 10.0. The zero-order valence-electron chi connectivity index (χ0n) is 16.4. The molecular weight excluding hydrogens is 380 g/mol. The first-order valence-electron chi connectivity index (χ1n) is 9.25. The van der Waals surface area contributed by atoms with Crippen LogP contribution in [0.1, 0.15) is 24.4 Å². The number of quaternary nitrogens is 1. The van der Waals surface area contributed by atoms with Crippen LogP contribution in [-0.4, -0.2) is 40.3 Å². The second-order valence-electron chi connectivity index (χ2n) is 6.78. The molecule has 0 bridgehead atoms. The summed E-state index contributed by atoms with van der Waals surface area (Å²) in [6, 6.07) is 11.2. The van der Waals surface area contributed by atoms with Gasteiger partial charge in [0.2, 0.25) is 0 Å². The second-order valence-corrected chi connectivity index (χ2v) is 7.22. The monoisotopic (exact) mass is 405 g/mol. The van der Waals surface area contributed by atoms with Gasteiger partial charge in [0, 0.05) is 23.9 Å². The third-order valence-corrected chi connectivity index (χ3v) is 5.36. The van der Waals surface area contributed by atoms with Gasteiger partial charge in [-0.25, -0.2) is 0 Å². The Balaban J connectivity index is 1.74. The van der Waals surface area contributed by atoms with Crippen LogP contribution in [0.25, 0.3) is 0 Å². The number of amides is 1. The van der Waals surface area contributed by atoms with Crippen LogP contribution in [-0.2, 0) is 4.79 Å². The van der Waals surface area contributed by atoms with Crippen molar-refractivity contribution < 1.29 is 23.9 Å². The van der Waals surface area contributed by atoms with Gasteiger partial charge >= 0.3 is 0 Å². The highest BCUT2D eigenvalue weighted by molar-refractivity contribution is 6.31. The molecule has 1 fully saturated rings. The van der Waals surface area contributed by atoms with Crippen molar-refractivity contribution >= 4 is 23.2 Å². The summed E-state index contributed by atoms with van der Waals surface area (Å²) < 4.78 is 16.2. The van der Waals surface area contributed by atoms with Gasteiger partial charge in [-0.3, -0.25) is 4.79 Å². The average Bonchev–Trinajstić information content (AvgIpc) is 3.15. The first-order valence-corrected chi connectivity index (χ1v) is 9.63. The van der Waals surface area contributed by atoms with E-state index in [0.29, 0.717) is 23.0 Å². The largest absolute Gasteiger partial charge is 0.497 e. The number of carbonyl (C=O) groups excluding carboxylic acids is 1. The Morgan fingerprint density at radius 2 is 1.89 bits per heavy atom. The van der Waals surface area contributed by atoms with Crippen molar-refractivity contribution in [2.75, 3.05) is 39.7 Å². The summed E-state index contributed by atoms with van der Waals surface area (Å²) in [5, 5.41) is 3.47. The lowest BCUT2D eigenvalue weighted by molar-refractivity contribution is -0.910. The van der Waals surface area contributed by atoms with Crippen molar-refractivity contribution in [3.63, 3.8) is 0 Å². The summed E-state index contributed by atoms with van der Waals surface area (Å²) in [5.41, 5.74) is 1.68. The Hall–Kier alpha value is -2.44. The Morgan fingerprint density at radius 3 is 2.61 bits per heavy atom. The molecule has 1 aliphatic rings. The zero-order chi connectivity index (χ0) is 20.1. The number of benzene rings is 2. The molecule has 0 aromatic heterocycles. The van der Waals surface area contributed by atoms with Gasteiger partial charge in [-0.1, -0.05) is 11.6 Å². The normalized spacial score (nSPS) is 18.6. The fraction of sp³-hybridized carbons (Fsp3) is 0.381. The van der Waals surface area contributed by atoms with Gasteiger partial charge in [0.25, 0.3) is 5.91 Å². The van der Waals surface area contributed by atoms with Crippen LogP contribution >= 0.6 is 11.6 Å². The van der Waals surface area contributed by atoms with Crippen molar-refractivity contribution in [3.8, 4) is 17.2 Å². The number of likely N-dealkylation sites (tertiary alicyclic amines) is 1. The predicted octanol–water partition coefficient (Wildman–Crippen LogP) is 2.72. The molecule has 1 unspecified atom stereocenters. The van der Waals surface area contributed by atoms with Gasteiger partial charge < -0.3 is 24.4 Å². The van der Waals surface area contributed by atoms with Crippen molar-refractivity contribution in [2.45, 2.75) is 18.9 Å². The third-order valence-electron chi connectivity index (χ3n) is 5.12. The van der Waals surface area contributed by atoms with E-state index in [1.807, 2.05) is 18.2 Å². The summed E-state index contributed by atoms with van der Waals surface area (Å²) >= 11 is 6.05. The van der Waals surface area contributed by atoms with Crippen LogP contribution in [0.4, 0.5) is 5.69 Å². The molecule has 1 aliphatic heterocycles. The summed E-state index contributed by atoms with van der Waals surface area (Å²) in [6.45, 7) is 1.29. The van der Waals surface area contributed by atoms with E-state index in [2.05, 4.69) is 5.32 Å². The lowest BCUT2D eigenvalue weighted by Crippen LogP contribution is -3.11. The zero-order valence-corrected chi connectivity index (χ0v) is 17.1. The maximum atomic E-state index is 12.7. The van der Waals surface area contributed by atoms with Gasteiger partial charge in [0.1, 0.15) is 23.3 Å². The number of nitrogens with one attached hydrogen (secondary N) is 2. The standard InChI is InChI=1S/C21H25ClN2O4/c1-26-15-7-8-16(20(12-15)28-3)18-5-4-10-24(18)13-21(25)23-17-11-14(22)6-9-19(17)27-2/h6-9,11-12,18H,4-5,10,13H2,1-3H3,(H,23,25)/p+1/t18-/m0/s1. The number of hydrogen-bond donors (Lipinski definition) is 2. The fourth-order valence-corrected chi connectivity index (χ4v) is 3.96. The lowest BCUT2D eigenvalue weighted by Gasteiger charge is -2.23. The molecule has 3 rings (SSSR count). The van der Waals surface area contributed by atoms with E-state index in [4.69, 9.17) is 25.8 Å². The fourth-order valence-electron chi connectivity index (χ4n) is 3.78. The first-order chi connectivity index (χ1) is 13.5. The number of ether oxygens (including phenoxy) is 3. The minimum Gasteiger partial charge on any atom is -0.497 e. The Kier molecular flexibility index (Phi) is 6.65. The van der Waals surface area contributed by atoms with E-state index in [1.54, 1.807) is 39.5 Å². The Morgan fingerprint density at radius 1 is 1.11 bits per heavy atom. The molecule has 28 heavy (non-hydrogen) atoms. The molecule has 2 aromatic carbocycles. The molecule has 2 N–H and O–H groups in total. The highest BCUT2D eigenvalue weighted by atomic mass is 35.5. The maximum Gasteiger partial charge on any atom is 0.279 e. The van der Waals surface area contributed by atoms with Crippen molar-refractivity contribution in [1.29, 1.82) is 0 Å². The number of anilines is 1. The molecular formula is C21H26ClN2O4+. The highest BCUT2D eigenvalue weighted by Crippen LogP contribution is 2.32. The summed E-state index contributed by atoms with van der Waals surface area (Å²) in [5.74, 6) is 2.06. The van der Waals surface area contributed by atoms with E-state index >= 15 is 0 Å². The molecule has 0 radical (unpaired) electrons. The number of hydrogen-bond acceptors (Lipinski definition) is 4. The number of halogens is 1. The summed E-state index contributed by atoms with van der Waals surface area (Å²) in [7, 11) is 4.86. The SMILES string of the molecule is COc1ccc([C@@H]2CCC[NH+]2CC(=O)Nc2cc(Cl)ccc2OC)c(OC)c1. The molecule has 150 valence electrons. The van der Waals surface area contributed by atoms with E-state index in [-0.39, 0.29) is 11.9 Å². The minimum absolute atomic E-state index is 0.0741. The van der Waals surface area contributed by atoms with Crippen LogP contribution < -0.4 is 24.4 Å². The molecule has 2 aromatic rings. The Labute approximate surface area is 170 Å². The molecule has 0 aliphatic carbocycles. The maximum absolute atomic E-state index is 12.7. The minimum atomic E-state index is -0.0741. The average molecular weight is 406 g/mol. The van der Waals surface area contributed by atoms with Crippen molar-refractivity contribution in [2.24, 2.45) is 0 Å². The number of methoxy groups -OCH3 is 3. The predicted molar refractivity (Wildman–Crippen MR) is 109 cm³/mol. The smallest absolute Gasteiger partial charge is 0.279 e. The molecule has 2 atom stereocenters. The Bertz CT molecular complexity index is 843. The van der Waals surface area contributed by atoms with Crippen LogP contribution in [0.5, 0.6) is 17.2 Å². The van der Waals surface area contributed by atoms with Gasteiger partial charge in [0.15, 0.2) is 6.54 Å². The molecule has 1 amide bonds. The molecule has 6 nitrogen and oxygen atoms in total. The van der Waals surface area contributed by atoms with Gasteiger partial charge in [-0.05, 0) is 30.3 Å². The quantitative estimate of drug-likeness (QED) is 0.743. The van der Waals surface area contributed by atoms with Crippen molar-refractivity contribution in [3.05, 3.63) is 47.0 Å². The molecule has 1 heterocycles. The van der Waals surface area contributed by atoms with E-state index in [9.17, 15) is 4.79 Å². The number of rotatable bonds is 7. The molecule has 0 saturated carbocycles. The topological polar surface area (TPSA) is 61.2 Å². The third kappa shape index (κ3) is 4.51. The second kappa shape index (κ2) is 9.17. The number of carbonyl (C=O) groups is 1. The van der Waals surface area contributed by atoms with Gasteiger partial charge in [-0.2, -0.15) is 0 Å². The van der Waals surface area contributed by atoms with Gasteiger partial charge in [-0.15, -0.1) is 0 Å². The van der Waals surface area contributed by atoms with Crippen LogP contribution in [0.3, 0.4) is 0 Å². The van der Waals surface area contributed by atoms with E-state index in [0.717, 1.165) is 36.4 Å². The molecule has 1 saturated heterocycles. The van der Waals surface area contributed by atoms with Crippen LogP contribution in [0, 0.1) is 0 Å². The van der Waals surface area contributed by atoms with E-state index < -0.39 is 0 Å². The molecule has 0 spiro atoms. The van der Waals surface area contributed by atoms with Crippen LogP contribution in [0.15, 0.2) is 36.4 Å². The van der Waals surface area contributed by atoms with Crippen molar-refractivity contribution in [1.82, 2.24) is 0 Å². The summed E-state index contributed by atoms with van der Waals surface area (Å²) in [4.78, 5) is 13.9. The van der Waals surface area contributed by atoms with E-state index in [1.165, 1.54) is 4.90 Å². The van der Waals surface area contributed by atoms with Gasteiger partial charge in [0.05, 0.1) is 39.1 Å². The molecule has 7 heteroatoms. The highest BCUT2D eigenvalue weighted by Gasteiger charge is 2.33. The van der Waals surface area contributed by atoms with Crippen LogP contribution in [0.2, 0.25) is 5.02 Å². The summed E-state index contributed by atoms with van der Waals surface area (Å²) in [6.07, 6.45) is 2.06.